The van der Waals surface area contributed by atoms with Crippen LogP contribution in [0.5, 0.6) is 11.5 Å². The predicted molar refractivity (Wildman–Crippen MR) is 102 cm³/mol. The Labute approximate surface area is 146 Å². The summed E-state index contributed by atoms with van der Waals surface area (Å²) in [6.07, 6.45) is 2.12. The van der Waals surface area contributed by atoms with E-state index in [1.807, 2.05) is 18.2 Å². The second-order valence-electron chi connectivity index (χ2n) is 7.37. The lowest BCUT2D eigenvalue weighted by molar-refractivity contribution is 0.284. The molecule has 0 atom stereocenters. The monoisotopic (exact) mass is 324 g/mol. The molecule has 0 amide bonds. The standard InChI is InChI=1S/C22H28O2/c1-16(2)13-18-9-12-20(21(14-18)23-6)24-15-17-7-10-19(11-8-17)22(3,4)5/h7-14H,15H2,1-6H3. The number of allylic oxidation sites excluding steroid dienone is 1. The molecule has 24 heavy (non-hydrogen) atoms. The second kappa shape index (κ2) is 7.57. The van der Waals surface area contributed by atoms with Crippen molar-refractivity contribution in [2.45, 2.75) is 46.6 Å². The van der Waals surface area contributed by atoms with Crippen LogP contribution in [-0.2, 0) is 12.0 Å². The van der Waals surface area contributed by atoms with Gasteiger partial charge in [-0.3, -0.25) is 0 Å². The molecule has 2 aromatic rings. The summed E-state index contributed by atoms with van der Waals surface area (Å²) in [6.45, 7) is 11.4. The molecular formula is C22H28O2. The third-order valence-corrected chi connectivity index (χ3v) is 3.86. The fourth-order valence-corrected chi connectivity index (χ4v) is 2.49. The van der Waals surface area contributed by atoms with Gasteiger partial charge in [-0.15, -0.1) is 0 Å². The number of hydrogen-bond acceptors (Lipinski definition) is 2. The summed E-state index contributed by atoms with van der Waals surface area (Å²) >= 11 is 0. The molecule has 0 aromatic heterocycles. The van der Waals surface area contributed by atoms with Crippen LogP contribution < -0.4 is 9.47 Å². The zero-order valence-electron chi connectivity index (χ0n) is 15.6. The minimum absolute atomic E-state index is 0.170. The summed E-state index contributed by atoms with van der Waals surface area (Å²) in [5.41, 5.74) is 5.02. The molecule has 0 aliphatic heterocycles. The second-order valence-corrected chi connectivity index (χ2v) is 7.37. The average molecular weight is 324 g/mol. The molecule has 0 fully saturated rings. The van der Waals surface area contributed by atoms with Crippen molar-refractivity contribution in [3.8, 4) is 11.5 Å². The number of rotatable bonds is 5. The zero-order chi connectivity index (χ0) is 17.7. The largest absolute Gasteiger partial charge is 0.493 e. The molecule has 0 saturated carbocycles. The SMILES string of the molecule is COc1cc(C=C(C)C)ccc1OCc1ccc(C(C)(C)C)cc1. The van der Waals surface area contributed by atoms with Crippen molar-refractivity contribution < 1.29 is 9.47 Å². The van der Waals surface area contributed by atoms with E-state index in [0.717, 1.165) is 22.6 Å². The van der Waals surface area contributed by atoms with Crippen LogP contribution in [0.4, 0.5) is 0 Å². The van der Waals surface area contributed by atoms with Crippen molar-refractivity contribution in [1.82, 2.24) is 0 Å². The average Bonchev–Trinajstić information content (AvgIpc) is 2.52. The van der Waals surface area contributed by atoms with Crippen molar-refractivity contribution >= 4 is 6.08 Å². The van der Waals surface area contributed by atoms with E-state index in [1.54, 1.807) is 7.11 Å². The summed E-state index contributed by atoms with van der Waals surface area (Å²) in [4.78, 5) is 0. The molecule has 0 bridgehead atoms. The molecule has 2 heteroatoms. The highest BCUT2D eigenvalue weighted by Crippen LogP contribution is 2.30. The van der Waals surface area contributed by atoms with Crippen LogP contribution in [0.15, 0.2) is 48.0 Å². The maximum absolute atomic E-state index is 5.95. The molecular weight excluding hydrogens is 296 g/mol. The Morgan fingerprint density at radius 3 is 2.17 bits per heavy atom. The van der Waals surface area contributed by atoms with Crippen molar-refractivity contribution in [1.29, 1.82) is 0 Å². The third kappa shape index (κ3) is 4.89. The number of ether oxygens (including phenoxy) is 2. The lowest BCUT2D eigenvalue weighted by Crippen LogP contribution is -2.10. The van der Waals surface area contributed by atoms with Crippen LogP contribution >= 0.6 is 0 Å². The molecule has 0 aliphatic rings. The highest BCUT2D eigenvalue weighted by Gasteiger charge is 2.13. The third-order valence-electron chi connectivity index (χ3n) is 3.86. The van der Waals surface area contributed by atoms with E-state index in [0.29, 0.717) is 6.61 Å². The first-order chi connectivity index (χ1) is 11.3. The van der Waals surface area contributed by atoms with E-state index in [9.17, 15) is 0 Å². The van der Waals surface area contributed by atoms with E-state index in [4.69, 9.17) is 9.47 Å². The Hall–Kier alpha value is -2.22. The first kappa shape index (κ1) is 18.1. The van der Waals surface area contributed by atoms with Crippen molar-refractivity contribution in [2.24, 2.45) is 0 Å². The molecule has 0 radical (unpaired) electrons. The number of methoxy groups -OCH3 is 1. The van der Waals surface area contributed by atoms with Crippen LogP contribution in [0, 0.1) is 0 Å². The molecule has 2 aromatic carbocycles. The van der Waals surface area contributed by atoms with Gasteiger partial charge in [0.05, 0.1) is 7.11 Å². The Bertz CT molecular complexity index is 700. The maximum Gasteiger partial charge on any atom is 0.161 e. The van der Waals surface area contributed by atoms with Crippen LogP contribution in [0.25, 0.3) is 6.08 Å². The van der Waals surface area contributed by atoms with E-state index in [-0.39, 0.29) is 5.41 Å². The molecule has 0 N–H and O–H groups in total. The van der Waals surface area contributed by atoms with Crippen molar-refractivity contribution in [2.75, 3.05) is 7.11 Å². The first-order valence-corrected chi connectivity index (χ1v) is 8.35. The maximum atomic E-state index is 5.95. The highest BCUT2D eigenvalue weighted by atomic mass is 16.5. The molecule has 0 saturated heterocycles. The van der Waals surface area contributed by atoms with Gasteiger partial charge in [-0.2, -0.15) is 0 Å². The molecule has 2 nitrogen and oxygen atoms in total. The smallest absolute Gasteiger partial charge is 0.161 e. The van der Waals surface area contributed by atoms with Gasteiger partial charge in [0, 0.05) is 0 Å². The predicted octanol–water partition coefficient (Wildman–Crippen LogP) is 5.99. The molecule has 0 heterocycles. The fourth-order valence-electron chi connectivity index (χ4n) is 2.49. The normalized spacial score (nSPS) is 11.1. The van der Waals surface area contributed by atoms with Gasteiger partial charge in [0.15, 0.2) is 11.5 Å². The summed E-state index contributed by atoms with van der Waals surface area (Å²) in [5, 5.41) is 0. The van der Waals surface area contributed by atoms with Crippen molar-refractivity contribution in [3.05, 3.63) is 64.7 Å². The van der Waals surface area contributed by atoms with Crippen LogP contribution in [0.2, 0.25) is 0 Å². The van der Waals surface area contributed by atoms with Gasteiger partial charge in [-0.25, -0.2) is 0 Å². The van der Waals surface area contributed by atoms with E-state index in [2.05, 4.69) is 65.0 Å². The van der Waals surface area contributed by atoms with E-state index in [1.165, 1.54) is 11.1 Å². The minimum Gasteiger partial charge on any atom is -0.493 e. The number of benzene rings is 2. The first-order valence-electron chi connectivity index (χ1n) is 8.35. The Morgan fingerprint density at radius 2 is 1.62 bits per heavy atom. The minimum atomic E-state index is 0.170. The Morgan fingerprint density at radius 1 is 0.958 bits per heavy atom. The Balaban J connectivity index is 2.10. The Kier molecular flexibility index (Phi) is 5.71. The van der Waals surface area contributed by atoms with Crippen LogP contribution in [0.3, 0.4) is 0 Å². The molecule has 0 aliphatic carbocycles. The van der Waals surface area contributed by atoms with Crippen LogP contribution in [0.1, 0.15) is 51.3 Å². The van der Waals surface area contributed by atoms with E-state index >= 15 is 0 Å². The molecule has 2 rings (SSSR count). The summed E-state index contributed by atoms with van der Waals surface area (Å²) in [5.74, 6) is 1.53. The summed E-state index contributed by atoms with van der Waals surface area (Å²) in [6, 6.07) is 14.6. The van der Waals surface area contributed by atoms with Gasteiger partial charge in [-0.05, 0) is 48.1 Å². The highest BCUT2D eigenvalue weighted by molar-refractivity contribution is 5.57. The fraction of sp³-hybridized carbons (Fsp3) is 0.364. The van der Waals surface area contributed by atoms with Gasteiger partial charge in [0.25, 0.3) is 0 Å². The van der Waals surface area contributed by atoms with Gasteiger partial charge < -0.3 is 9.47 Å². The van der Waals surface area contributed by atoms with Gasteiger partial charge >= 0.3 is 0 Å². The molecule has 0 spiro atoms. The molecule has 0 unspecified atom stereocenters. The zero-order valence-corrected chi connectivity index (χ0v) is 15.6. The molecule has 128 valence electrons. The van der Waals surface area contributed by atoms with Gasteiger partial charge in [0.2, 0.25) is 0 Å². The van der Waals surface area contributed by atoms with Gasteiger partial charge in [-0.1, -0.05) is 62.8 Å². The summed E-state index contributed by atoms with van der Waals surface area (Å²) < 4.78 is 11.4. The quantitative estimate of drug-likeness (QED) is 0.672. The van der Waals surface area contributed by atoms with Crippen molar-refractivity contribution in [3.63, 3.8) is 0 Å². The lowest BCUT2D eigenvalue weighted by Gasteiger charge is -2.19. The topological polar surface area (TPSA) is 18.5 Å². The number of hydrogen-bond donors (Lipinski definition) is 0. The van der Waals surface area contributed by atoms with Crippen LogP contribution in [-0.4, -0.2) is 7.11 Å². The summed E-state index contributed by atoms with van der Waals surface area (Å²) in [7, 11) is 1.67. The lowest BCUT2D eigenvalue weighted by atomic mass is 9.87. The van der Waals surface area contributed by atoms with E-state index < -0.39 is 0 Å². The van der Waals surface area contributed by atoms with Gasteiger partial charge in [0.1, 0.15) is 6.61 Å².